The van der Waals surface area contributed by atoms with Gasteiger partial charge in [-0.2, -0.15) is 0 Å². The molecular weight excluding hydrogens is 466 g/mol. The summed E-state index contributed by atoms with van der Waals surface area (Å²) in [7, 11) is -2.58. The standard InChI is InChI=1S/C26H27N3O5S/c1-17-15-21(11-12-22(17)27-18(2)30)28-26(31)20-10-13-24(34-3)25(16-20)35(32,33)29-14-6-8-19-7-4-5-9-23(19)29/h4-5,7,9-13,15-16H,6,8,14H2,1-3H3,(H,27,30)(H,28,31). The second-order valence-corrected chi connectivity index (χ2v) is 10.2. The van der Waals surface area contributed by atoms with Gasteiger partial charge in [-0.1, -0.05) is 18.2 Å². The van der Waals surface area contributed by atoms with E-state index in [1.807, 2.05) is 25.1 Å². The fourth-order valence-corrected chi connectivity index (χ4v) is 5.89. The molecule has 0 fully saturated rings. The summed E-state index contributed by atoms with van der Waals surface area (Å²) >= 11 is 0. The van der Waals surface area contributed by atoms with Gasteiger partial charge in [-0.3, -0.25) is 13.9 Å². The van der Waals surface area contributed by atoms with Crippen LogP contribution in [0.1, 0.15) is 34.8 Å². The molecule has 0 spiro atoms. The number of ether oxygens (including phenoxy) is 1. The normalized spacial score (nSPS) is 13.1. The molecule has 0 aliphatic carbocycles. The van der Waals surface area contributed by atoms with Crippen molar-refractivity contribution in [2.75, 3.05) is 28.6 Å². The van der Waals surface area contributed by atoms with E-state index < -0.39 is 15.9 Å². The first-order chi connectivity index (χ1) is 16.7. The topological polar surface area (TPSA) is 105 Å². The second-order valence-electron chi connectivity index (χ2n) is 8.34. The number of anilines is 3. The van der Waals surface area contributed by atoms with Crippen LogP contribution in [0.2, 0.25) is 0 Å². The number of nitrogens with zero attached hydrogens (tertiary/aromatic N) is 1. The molecule has 0 bridgehead atoms. The van der Waals surface area contributed by atoms with E-state index in [4.69, 9.17) is 4.74 Å². The zero-order chi connectivity index (χ0) is 25.2. The van der Waals surface area contributed by atoms with Crippen molar-refractivity contribution in [1.29, 1.82) is 0 Å². The number of amides is 2. The van der Waals surface area contributed by atoms with Gasteiger partial charge in [0.05, 0.1) is 12.8 Å². The fraction of sp³-hybridized carbons (Fsp3) is 0.231. The number of nitrogens with one attached hydrogen (secondary N) is 2. The first-order valence-corrected chi connectivity index (χ1v) is 12.6. The van der Waals surface area contributed by atoms with Crippen LogP contribution >= 0.6 is 0 Å². The third kappa shape index (κ3) is 5.00. The van der Waals surface area contributed by atoms with Gasteiger partial charge < -0.3 is 15.4 Å². The van der Waals surface area contributed by atoms with Crippen LogP contribution in [0.15, 0.2) is 65.6 Å². The second kappa shape index (κ2) is 9.79. The first kappa shape index (κ1) is 24.3. The smallest absolute Gasteiger partial charge is 0.268 e. The predicted molar refractivity (Wildman–Crippen MR) is 136 cm³/mol. The van der Waals surface area contributed by atoms with E-state index in [9.17, 15) is 18.0 Å². The number of hydrogen-bond acceptors (Lipinski definition) is 5. The molecule has 3 aromatic rings. The molecule has 2 amide bonds. The Bertz CT molecular complexity index is 1400. The molecule has 0 atom stereocenters. The third-order valence-electron chi connectivity index (χ3n) is 5.86. The number of fused-ring (bicyclic) bond motifs is 1. The van der Waals surface area contributed by atoms with Crippen LogP contribution in [0, 0.1) is 6.92 Å². The lowest BCUT2D eigenvalue weighted by Crippen LogP contribution is -2.35. The number of carbonyl (C=O) groups excluding carboxylic acids is 2. The van der Waals surface area contributed by atoms with Crippen molar-refractivity contribution in [3.05, 3.63) is 77.4 Å². The van der Waals surface area contributed by atoms with Crippen LogP contribution < -0.4 is 19.7 Å². The zero-order valence-corrected chi connectivity index (χ0v) is 20.6. The maximum Gasteiger partial charge on any atom is 0.268 e. The lowest BCUT2D eigenvalue weighted by molar-refractivity contribution is -0.114. The van der Waals surface area contributed by atoms with E-state index in [1.165, 1.54) is 36.5 Å². The van der Waals surface area contributed by atoms with E-state index in [2.05, 4.69) is 10.6 Å². The van der Waals surface area contributed by atoms with Crippen molar-refractivity contribution in [3.63, 3.8) is 0 Å². The molecule has 35 heavy (non-hydrogen) atoms. The van der Waals surface area contributed by atoms with Gasteiger partial charge in [0.1, 0.15) is 10.6 Å². The highest BCUT2D eigenvalue weighted by Crippen LogP contribution is 2.35. The van der Waals surface area contributed by atoms with Gasteiger partial charge in [-0.15, -0.1) is 0 Å². The molecule has 4 rings (SSSR count). The Morgan fingerprint density at radius 1 is 1.00 bits per heavy atom. The number of aryl methyl sites for hydroxylation is 2. The summed E-state index contributed by atoms with van der Waals surface area (Å²) in [5, 5.41) is 5.51. The van der Waals surface area contributed by atoms with Crippen LogP contribution in [-0.4, -0.2) is 33.9 Å². The van der Waals surface area contributed by atoms with Crippen LogP contribution in [-0.2, 0) is 21.2 Å². The van der Waals surface area contributed by atoms with Crippen molar-refractivity contribution in [2.24, 2.45) is 0 Å². The molecule has 8 nitrogen and oxygen atoms in total. The van der Waals surface area contributed by atoms with Gasteiger partial charge in [0.25, 0.3) is 15.9 Å². The van der Waals surface area contributed by atoms with Gasteiger partial charge in [0.15, 0.2) is 0 Å². The highest BCUT2D eigenvalue weighted by atomic mass is 32.2. The highest BCUT2D eigenvalue weighted by molar-refractivity contribution is 7.93. The fourth-order valence-electron chi connectivity index (χ4n) is 4.16. The van der Waals surface area contributed by atoms with E-state index in [1.54, 1.807) is 24.3 Å². The molecule has 1 heterocycles. The summed E-state index contributed by atoms with van der Waals surface area (Å²) in [5.41, 5.74) is 3.73. The summed E-state index contributed by atoms with van der Waals surface area (Å²) < 4.78 is 34.2. The third-order valence-corrected chi connectivity index (χ3v) is 7.69. The van der Waals surface area contributed by atoms with Gasteiger partial charge >= 0.3 is 0 Å². The van der Waals surface area contributed by atoms with E-state index in [-0.39, 0.29) is 22.1 Å². The minimum absolute atomic E-state index is 0.0680. The number of carbonyl (C=O) groups is 2. The average molecular weight is 494 g/mol. The molecule has 0 saturated heterocycles. The maximum absolute atomic E-state index is 13.7. The summed E-state index contributed by atoms with van der Waals surface area (Å²) in [5.74, 6) is -0.483. The number of hydrogen-bond donors (Lipinski definition) is 2. The van der Waals surface area contributed by atoms with Crippen LogP contribution in [0.25, 0.3) is 0 Å². The summed E-state index contributed by atoms with van der Waals surface area (Å²) in [6, 6.07) is 16.9. The molecule has 182 valence electrons. The molecule has 1 aliphatic rings. The number of sulfonamides is 1. The Kier molecular flexibility index (Phi) is 6.79. The first-order valence-electron chi connectivity index (χ1n) is 11.2. The summed E-state index contributed by atoms with van der Waals surface area (Å²) in [4.78, 5) is 24.3. The SMILES string of the molecule is COc1ccc(C(=O)Nc2ccc(NC(C)=O)c(C)c2)cc1S(=O)(=O)N1CCCc2ccccc21. The van der Waals surface area contributed by atoms with Crippen molar-refractivity contribution >= 4 is 38.9 Å². The number of methoxy groups -OCH3 is 1. The molecule has 9 heteroatoms. The molecule has 1 aliphatic heterocycles. The Hall–Kier alpha value is -3.85. The van der Waals surface area contributed by atoms with Gasteiger partial charge in [0, 0.05) is 30.4 Å². The van der Waals surface area contributed by atoms with Gasteiger partial charge in [0.2, 0.25) is 5.91 Å². The average Bonchev–Trinajstić information content (AvgIpc) is 2.84. The Morgan fingerprint density at radius 3 is 2.49 bits per heavy atom. The number of rotatable bonds is 6. The molecule has 0 aromatic heterocycles. The van der Waals surface area contributed by atoms with E-state index >= 15 is 0 Å². The van der Waals surface area contributed by atoms with Gasteiger partial charge in [-0.05, 0) is 73.4 Å². The molecular formula is C26H27N3O5S. The van der Waals surface area contributed by atoms with E-state index in [0.29, 0.717) is 30.0 Å². The largest absolute Gasteiger partial charge is 0.495 e. The summed E-state index contributed by atoms with van der Waals surface area (Å²) in [6.45, 7) is 3.58. The minimum Gasteiger partial charge on any atom is -0.495 e. The Morgan fingerprint density at radius 2 is 1.77 bits per heavy atom. The highest BCUT2D eigenvalue weighted by Gasteiger charge is 2.32. The van der Waals surface area contributed by atoms with Crippen molar-refractivity contribution in [3.8, 4) is 5.75 Å². The van der Waals surface area contributed by atoms with Crippen LogP contribution in [0.4, 0.5) is 17.1 Å². The number of para-hydroxylation sites is 1. The van der Waals surface area contributed by atoms with Crippen molar-refractivity contribution in [2.45, 2.75) is 31.6 Å². The predicted octanol–water partition coefficient (Wildman–Crippen LogP) is 4.36. The molecule has 0 unspecified atom stereocenters. The lowest BCUT2D eigenvalue weighted by atomic mass is 10.0. The van der Waals surface area contributed by atoms with Crippen LogP contribution in [0.5, 0.6) is 5.75 Å². The Labute approximate surface area is 205 Å². The maximum atomic E-state index is 13.7. The van der Waals surface area contributed by atoms with Gasteiger partial charge in [-0.25, -0.2) is 8.42 Å². The lowest BCUT2D eigenvalue weighted by Gasteiger charge is -2.31. The number of benzene rings is 3. The van der Waals surface area contributed by atoms with Crippen molar-refractivity contribution in [1.82, 2.24) is 0 Å². The molecule has 0 saturated carbocycles. The van der Waals surface area contributed by atoms with Crippen molar-refractivity contribution < 1.29 is 22.7 Å². The molecule has 3 aromatic carbocycles. The van der Waals surface area contributed by atoms with Crippen LogP contribution in [0.3, 0.4) is 0 Å². The molecule has 2 N–H and O–H groups in total. The minimum atomic E-state index is -3.98. The monoisotopic (exact) mass is 493 g/mol. The zero-order valence-electron chi connectivity index (χ0n) is 19.8. The summed E-state index contributed by atoms with van der Waals surface area (Å²) in [6.07, 6.45) is 1.51. The Balaban J connectivity index is 1.65. The van der Waals surface area contributed by atoms with E-state index in [0.717, 1.165) is 17.5 Å². The quantitative estimate of drug-likeness (QED) is 0.531. The molecule has 0 radical (unpaired) electrons.